The molecule has 122 valence electrons. The molecule has 4 nitrogen and oxygen atoms in total. The van der Waals surface area contributed by atoms with E-state index in [2.05, 4.69) is 0 Å². The maximum atomic E-state index is 12.3. The van der Waals surface area contributed by atoms with E-state index in [1.165, 1.54) is 19.3 Å². The van der Waals surface area contributed by atoms with Crippen LogP contribution in [0.1, 0.15) is 64.2 Å². The third-order valence-corrected chi connectivity index (χ3v) is 8.23. The normalized spacial score (nSPS) is 37.2. The monoisotopic (exact) mass is 315 g/mol. The molecule has 3 fully saturated rings. The van der Waals surface area contributed by atoms with Gasteiger partial charge >= 0.3 is 0 Å². The Bertz CT molecular complexity index is 451. The van der Waals surface area contributed by atoms with Gasteiger partial charge in [-0.15, -0.1) is 0 Å². The third-order valence-electron chi connectivity index (χ3n) is 5.90. The Hall–Kier alpha value is -0.130. The second-order valence-electron chi connectivity index (χ2n) is 7.32. The Morgan fingerprint density at radius 1 is 1.05 bits per heavy atom. The summed E-state index contributed by atoms with van der Waals surface area (Å²) in [5.41, 5.74) is 6.47. The van der Waals surface area contributed by atoms with Gasteiger partial charge in [-0.1, -0.05) is 25.7 Å². The van der Waals surface area contributed by atoms with E-state index in [0.717, 1.165) is 51.6 Å². The minimum absolute atomic E-state index is 0.0111. The van der Waals surface area contributed by atoms with Gasteiger partial charge in [-0.25, -0.2) is 8.42 Å². The van der Waals surface area contributed by atoms with E-state index in [0.29, 0.717) is 11.7 Å². The highest BCUT2D eigenvalue weighted by Crippen LogP contribution is 2.42. The molecule has 0 aromatic heterocycles. The quantitative estimate of drug-likeness (QED) is 0.849. The van der Waals surface area contributed by atoms with Crippen LogP contribution < -0.4 is 5.73 Å². The summed E-state index contributed by atoms with van der Waals surface area (Å²) in [6, 6.07) is -0.196. The second-order valence-corrected chi connectivity index (χ2v) is 9.66. The van der Waals surface area contributed by atoms with Gasteiger partial charge in [-0.2, -0.15) is 0 Å². The van der Waals surface area contributed by atoms with Crippen molar-refractivity contribution in [3.05, 3.63) is 0 Å². The predicted molar refractivity (Wildman–Crippen MR) is 83.9 cm³/mol. The van der Waals surface area contributed by atoms with Gasteiger partial charge in [0.15, 0.2) is 9.84 Å². The molecule has 2 N–H and O–H groups in total. The van der Waals surface area contributed by atoms with E-state index in [-0.39, 0.29) is 16.9 Å². The van der Waals surface area contributed by atoms with Crippen molar-refractivity contribution in [2.24, 2.45) is 11.7 Å². The largest absolute Gasteiger partial charge is 0.375 e. The summed E-state index contributed by atoms with van der Waals surface area (Å²) in [6.07, 6.45) is 10.5. The Kier molecular flexibility index (Phi) is 4.63. The minimum Gasteiger partial charge on any atom is -0.375 e. The molecule has 1 aliphatic carbocycles. The molecule has 2 saturated heterocycles. The zero-order valence-electron chi connectivity index (χ0n) is 12.9. The zero-order chi connectivity index (χ0) is 14.9. The first kappa shape index (κ1) is 15.8. The van der Waals surface area contributed by atoms with Crippen molar-refractivity contribution >= 4 is 9.84 Å². The van der Waals surface area contributed by atoms with Gasteiger partial charge < -0.3 is 10.5 Å². The molecule has 2 heterocycles. The van der Waals surface area contributed by atoms with Crippen LogP contribution in [-0.2, 0) is 14.6 Å². The highest BCUT2D eigenvalue weighted by atomic mass is 32.2. The standard InChI is InChI=1S/C16H29NO3S/c17-15(14-6-2-5-11-21(14,18)19)13-7-10-20-16(12-13)8-3-1-4-9-16/h13-15H,1-12,17H2. The number of hydrogen-bond donors (Lipinski definition) is 1. The molecule has 21 heavy (non-hydrogen) atoms. The van der Waals surface area contributed by atoms with Gasteiger partial charge in [0.2, 0.25) is 0 Å². The lowest BCUT2D eigenvalue weighted by molar-refractivity contribution is -0.120. The summed E-state index contributed by atoms with van der Waals surface area (Å²) in [7, 11) is -2.98. The molecule has 1 spiro atoms. The van der Waals surface area contributed by atoms with Gasteiger partial charge in [0, 0.05) is 12.6 Å². The molecule has 2 aliphatic heterocycles. The van der Waals surface area contributed by atoms with Crippen LogP contribution in [-0.4, -0.2) is 37.7 Å². The van der Waals surface area contributed by atoms with Crippen LogP contribution in [0.3, 0.4) is 0 Å². The SMILES string of the molecule is NC(C1CCOC2(CCCCC2)C1)C1CCCCS1(=O)=O. The Morgan fingerprint density at radius 2 is 1.81 bits per heavy atom. The maximum Gasteiger partial charge on any atom is 0.154 e. The Morgan fingerprint density at radius 3 is 2.52 bits per heavy atom. The van der Waals surface area contributed by atoms with Crippen LogP contribution in [0.2, 0.25) is 0 Å². The molecule has 1 saturated carbocycles. The van der Waals surface area contributed by atoms with Crippen molar-refractivity contribution in [1.82, 2.24) is 0 Å². The number of sulfone groups is 1. The molecule has 0 bridgehead atoms. The van der Waals surface area contributed by atoms with E-state index in [1.807, 2.05) is 0 Å². The lowest BCUT2D eigenvalue weighted by Crippen LogP contribution is -2.53. The molecule has 3 rings (SSSR count). The second kappa shape index (κ2) is 6.17. The Balaban J connectivity index is 1.70. The molecule has 0 aromatic carbocycles. The molecule has 0 amide bonds. The average molecular weight is 315 g/mol. The summed E-state index contributed by atoms with van der Waals surface area (Å²) >= 11 is 0. The summed E-state index contributed by atoms with van der Waals surface area (Å²) in [5, 5.41) is -0.310. The van der Waals surface area contributed by atoms with Crippen molar-refractivity contribution in [3.63, 3.8) is 0 Å². The number of ether oxygens (including phenoxy) is 1. The van der Waals surface area contributed by atoms with Gasteiger partial charge in [0.1, 0.15) is 0 Å². The highest BCUT2D eigenvalue weighted by molar-refractivity contribution is 7.92. The molecular weight excluding hydrogens is 286 g/mol. The molecule has 3 aliphatic rings. The van der Waals surface area contributed by atoms with Crippen LogP contribution in [0.15, 0.2) is 0 Å². The van der Waals surface area contributed by atoms with Gasteiger partial charge in [0.25, 0.3) is 0 Å². The topological polar surface area (TPSA) is 69.4 Å². The fraction of sp³-hybridized carbons (Fsp3) is 1.00. The fourth-order valence-electron chi connectivity index (χ4n) is 4.65. The molecular formula is C16H29NO3S. The predicted octanol–water partition coefficient (Wildman–Crippen LogP) is 2.41. The van der Waals surface area contributed by atoms with E-state index < -0.39 is 9.84 Å². The number of hydrogen-bond acceptors (Lipinski definition) is 4. The summed E-state index contributed by atoms with van der Waals surface area (Å²) in [5.74, 6) is 0.648. The van der Waals surface area contributed by atoms with Crippen molar-refractivity contribution in [3.8, 4) is 0 Å². The minimum atomic E-state index is -2.98. The van der Waals surface area contributed by atoms with Gasteiger partial charge in [0.05, 0.1) is 16.6 Å². The molecule has 5 heteroatoms. The Labute approximate surface area is 128 Å². The van der Waals surface area contributed by atoms with Crippen LogP contribution >= 0.6 is 0 Å². The van der Waals surface area contributed by atoms with Gasteiger partial charge in [-0.3, -0.25) is 0 Å². The average Bonchev–Trinajstić information content (AvgIpc) is 2.47. The van der Waals surface area contributed by atoms with E-state index in [4.69, 9.17) is 10.5 Å². The lowest BCUT2D eigenvalue weighted by Gasteiger charge is -2.46. The van der Waals surface area contributed by atoms with Crippen molar-refractivity contribution < 1.29 is 13.2 Å². The first-order valence-electron chi connectivity index (χ1n) is 8.64. The smallest absolute Gasteiger partial charge is 0.154 e. The summed E-state index contributed by atoms with van der Waals surface area (Å²) in [4.78, 5) is 0. The van der Waals surface area contributed by atoms with Gasteiger partial charge in [-0.05, 0) is 44.4 Å². The van der Waals surface area contributed by atoms with Crippen molar-refractivity contribution in [2.75, 3.05) is 12.4 Å². The fourth-order valence-corrected chi connectivity index (χ4v) is 6.79. The molecule has 0 radical (unpaired) electrons. The zero-order valence-corrected chi connectivity index (χ0v) is 13.7. The summed E-state index contributed by atoms with van der Waals surface area (Å²) < 4.78 is 30.8. The van der Waals surface area contributed by atoms with Crippen LogP contribution in [0.25, 0.3) is 0 Å². The lowest BCUT2D eigenvalue weighted by atomic mass is 9.73. The van der Waals surface area contributed by atoms with E-state index >= 15 is 0 Å². The third kappa shape index (κ3) is 3.30. The molecule has 3 unspecified atom stereocenters. The highest BCUT2D eigenvalue weighted by Gasteiger charge is 2.44. The first-order chi connectivity index (χ1) is 10.0. The van der Waals surface area contributed by atoms with Crippen LogP contribution in [0, 0.1) is 5.92 Å². The van der Waals surface area contributed by atoms with E-state index in [9.17, 15) is 8.42 Å². The summed E-state index contributed by atoms with van der Waals surface area (Å²) in [6.45, 7) is 0.755. The molecule has 0 aromatic rings. The number of rotatable bonds is 2. The van der Waals surface area contributed by atoms with Crippen molar-refractivity contribution in [1.29, 1.82) is 0 Å². The van der Waals surface area contributed by atoms with E-state index in [1.54, 1.807) is 0 Å². The molecule has 3 atom stereocenters. The number of nitrogens with two attached hydrogens (primary N) is 1. The van der Waals surface area contributed by atoms with Crippen LogP contribution in [0.4, 0.5) is 0 Å². The van der Waals surface area contributed by atoms with Crippen molar-refractivity contribution in [2.45, 2.75) is 81.1 Å². The maximum absolute atomic E-state index is 12.3. The first-order valence-corrected chi connectivity index (χ1v) is 10.4. The van der Waals surface area contributed by atoms with Crippen LogP contribution in [0.5, 0.6) is 0 Å².